The van der Waals surface area contributed by atoms with Gasteiger partial charge in [0.15, 0.2) is 0 Å². The van der Waals surface area contributed by atoms with Gasteiger partial charge in [0.1, 0.15) is 18.2 Å². The molecule has 0 bridgehead atoms. The Morgan fingerprint density at radius 1 is 1.52 bits per heavy atom. The number of halogens is 1. The van der Waals surface area contributed by atoms with Crippen molar-refractivity contribution < 1.29 is 14.1 Å². The molecule has 0 spiro atoms. The zero-order valence-corrected chi connectivity index (χ0v) is 12.2. The zero-order valence-electron chi connectivity index (χ0n) is 12.2. The highest BCUT2D eigenvalue weighted by atomic mass is 19.1. The molecule has 120 valence electrons. The van der Waals surface area contributed by atoms with E-state index in [0.717, 1.165) is 6.20 Å². The summed E-state index contributed by atoms with van der Waals surface area (Å²) in [5, 5.41) is 18.2. The third-order valence-electron chi connectivity index (χ3n) is 3.00. The molecule has 9 heteroatoms. The van der Waals surface area contributed by atoms with Crippen LogP contribution in [0, 0.1) is 21.8 Å². The number of carbonyl (C=O) groups is 1. The number of hydrogen-bond acceptors (Lipinski definition) is 5. The molecule has 0 aliphatic heterocycles. The summed E-state index contributed by atoms with van der Waals surface area (Å²) in [5.41, 5.74) is 2.87. The molecule has 1 N–H and O–H groups in total. The third kappa shape index (κ3) is 4.70. The summed E-state index contributed by atoms with van der Waals surface area (Å²) in [6.07, 6.45) is 3.77. The summed E-state index contributed by atoms with van der Waals surface area (Å²) in [4.78, 5) is 21.9. The second-order valence-electron chi connectivity index (χ2n) is 4.86. The van der Waals surface area contributed by atoms with E-state index in [0.29, 0.717) is 5.56 Å². The number of carbonyl (C=O) groups excluding carboxylic acids is 1. The van der Waals surface area contributed by atoms with E-state index in [9.17, 15) is 19.3 Å². The van der Waals surface area contributed by atoms with E-state index >= 15 is 0 Å². The molecule has 2 rings (SSSR count). The van der Waals surface area contributed by atoms with Crippen molar-refractivity contribution >= 4 is 17.8 Å². The molecule has 0 saturated heterocycles. The van der Waals surface area contributed by atoms with Gasteiger partial charge in [0, 0.05) is 0 Å². The Morgan fingerprint density at radius 3 is 2.83 bits per heavy atom. The lowest BCUT2D eigenvalue weighted by molar-refractivity contribution is -0.385. The van der Waals surface area contributed by atoms with E-state index in [1.54, 1.807) is 6.92 Å². The molecule has 1 aromatic heterocycles. The summed E-state index contributed by atoms with van der Waals surface area (Å²) in [5.74, 6) is -1.20. The highest BCUT2D eigenvalue weighted by molar-refractivity contribution is 5.83. The van der Waals surface area contributed by atoms with Crippen molar-refractivity contribution in [3.8, 4) is 0 Å². The fourth-order valence-corrected chi connectivity index (χ4v) is 1.74. The largest absolute Gasteiger partial charge is 0.306 e. The van der Waals surface area contributed by atoms with Gasteiger partial charge >= 0.3 is 5.69 Å². The van der Waals surface area contributed by atoms with E-state index < -0.39 is 10.8 Å². The molecule has 0 saturated carbocycles. The van der Waals surface area contributed by atoms with Crippen molar-refractivity contribution in [2.75, 3.05) is 0 Å². The Labute approximate surface area is 130 Å². The van der Waals surface area contributed by atoms with Crippen molar-refractivity contribution in [1.82, 2.24) is 15.2 Å². The van der Waals surface area contributed by atoms with Gasteiger partial charge in [-0.1, -0.05) is 19.1 Å². The number of nitrogens with one attached hydrogen (secondary N) is 1. The molecule has 0 aliphatic rings. The summed E-state index contributed by atoms with van der Waals surface area (Å²) in [6, 6.07) is 5.63. The molecular formula is C14H14FN5O3. The standard InChI is InChI=1S/C14H14FN5O3/c1-10(8-19-9-13(7-17-19)20(22)23)14(21)18-16-6-11-2-4-12(15)5-3-11/h2-7,9-10H,8H2,1H3,(H,18,21). The Balaban J connectivity index is 1.86. The predicted molar refractivity (Wildman–Crippen MR) is 80.2 cm³/mol. The van der Waals surface area contributed by atoms with Crippen LogP contribution < -0.4 is 5.43 Å². The third-order valence-corrected chi connectivity index (χ3v) is 3.00. The van der Waals surface area contributed by atoms with Crippen LogP contribution in [0.3, 0.4) is 0 Å². The Hall–Kier alpha value is -3.10. The lowest BCUT2D eigenvalue weighted by Crippen LogP contribution is -2.28. The van der Waals surface area contributed by atoms with Crippen LogP contribution in [0.2, 0.25) is 0 Å². The average Bonchev–Trinajstić information content (AvgIpc) is 2.98. The van der Waals surface area contributed by atoms with Crippen LogP contribution in [-0.2, 0) is 11.3 Å². The summed E-state index contributed by atoms with van der Waals surface area (Å²) >= 11 is 0. The van der Waals surface area contributed by atoms with E-state index in [1.807, 2.05) is 0 Å². The lowest BCUT2D eigenvalue weighted by Gasteiger charge is -2.09. The van der Waals surface area contributed by atoms with E-state index in [1.165, 1.54) is 41.4 Å². The second kappa shape index (κ2) is 7.25. The normalized spacial score (nSPS) is 12.3. The van der Waals surface area contributed by atoms with Gasteiger partial charge in [-0.3, -0.25) is 19.6 Å². The maximum Gasteiger partial charge on any atom is 0.306 e. The van der Waals surface area contributed by atoms with E-state index in [2.05, 4.69) is 15.6 Å². The van der Waals surface area contributed by atoms with Gasteiger partial charge in [0.2, 0.25) is 5.91 Å². The molecule has 1 unspecified atom stereocenters. The van der Waals surface area contributed by atoms with Crippen LogP contribution in [0.4, 0.5) is 10.1 Å². The SMILES string of the molecule is CC(Cn1cc([N+](=O)[O-])cn1)C(=O)NN=Cc1ccc(F)cc1. The molecule has 8 nitrogen and oxygen atoms in total. The number of nitrogens with zero attached hydrogens (tertiary/aromatic N) is 4. The fraction of sp³-hybridized carbons (Fsp3) is 0.214. The van der Waals surface area contributed by atoms with Crippen molar-refractivity contribution in [3.63, 3.8) is 0 Å². The highest BCUT2D eigenvalue weighted by Gasteiger charge is 2.15. The number of benzene rings is 1. The first-order valence-corrected chi connectivity index (χ1v) is 6.71. The van der Waals surface area contributed by atoms with Gasteiger partial charge in [-0.2, -0.15) is 10.2 Å². The number of nitro groups is 1. The number of hydrazone groups is 1. The minimum Gasteiger partial charge on any atom is -0.273 e. The van der Waals surface area contributed by atoms with Gasteiger partial charge < -0.3 is 0 Å². The number of aromatic nitrogens is 2. The van der Waals surface area contributed by atoms with Gasteiger partial charge in [-0.15, -0.1) is 0 Å². The summed E-state index contributed by atoms with van der Waals surface area (Å²) in [7, 11) is 0. The minimum atomic E-state index is -0.554. The molecule has 1 heterocycles. The van der Waals surface area contributed by atoms with Gasteiger partial charge in [0.05, 0.1) is 23.6 Å². The highest BCUT2D eigenvalue weighted by Crippen LogP contribution is 2.09. The number of hydrogen-bond donors (Lipinski definition) is 1. The van der Waals surface area contributed by atoms with Crippen LogP contribution in [0.5, 0.6) is 0 Å². The topological polar surface area (TPSA) is 102 Å². The smallest absolute Gasteiger partial charge is 0.273 e. The van der Waals surface area contributed by atoms with Crippen LogP contribution in [0.1, 0.15) is 12.5 Å². The van der Waals surface area contributed by atoms with Gasteiger partial charge in [0.25, 0.3) is 0 Å². The quantitative estimate of drug-likeness (QED) is 0.497. The predicted octanol–water partition coefficient (Wildman–Crippen LogP) is 1.72. The molecule has 0 aliphatic carbocycles. The molecule has 23 heavy (non-hydrogen) atoms. The second-order valence-corrected chi connectivity index (χ2v) is 4.86. The Kier molecular flexibility index (Phi) is 5.13. The average molecular weight is 319 g/mol. The fourth-order valence-electron chi connectivity index (χ4n) is 1.74. The van der Waals surface area contributed by atoms with E-state index in [4.69, 9.17) is 0 Å². The lowest BCUT2D eigenvalue weighted by atomic mass is 10.2. The van der Waals surface area contributed by atoms with Crippen LogP contribution in [0.25, 0.3) is 0 Å². The molecule has 2 aromatic rings. The van der Waals surface area contributed by atoms with Gasteiger partial charge in [-0.25, -0.2) is 9.82 Å². The number of rotatable bonds is 6. The molecule has 1 atom stereocenters. The minimum absolute atomic E-state index is 0.132. The monoisotopic (exact) mass is 319 g/mol. The first kappa shape index (κ1) is 16.3. The maximum atomic E-state index is 12.7. The molecule has 1 amide bonds. The Bertz CT molecular complexity index is 726. The van der Waals surface area contributed by atoms with Crippen LogP contribution in [-0.4, -0.2) is 26.8 Å². The molecule has 0 fully saturated rings. The van der Waals surface area contributed by atoms with E-state index in [-0.39, 0.29) is 24.0 Å². The summed E-state index contributed by atoms with van der Waals surface area (Å²) in [6.45, 7) is 1.84. The maximum absolute atomic E-state index is 12.7. The number of amides is 1. The molecule has 1 aromatic carbocycles. The van der Waals surface area contributed by atoms with Gasteiger partial charge in [-0.05, 0) is 17.7 Å². The first-order valence-electron chi connectivity index (χ1n) is 6.71. The molecular weight excluding hydrogens is 305 g/mol. The zero-order chi connectivity index (χ0) is 16.8. The van der Waals surface area contributed by atoms with Crippen molar-refractivity contribution in [2.45, 2.75) is 13.5 Å². The summed E-state index contributed by atoms with van der Waals surface area (Å²) < 4.78 is 14.1. The van der Waals surface area contributed by atoms with Crippen molar-refractivity contribution in [2.24, 2.45) is 11.0 Å². The Morgan fingerprint density at radius 2 is 2.22 bits per heavy atom. The first-order chi connectivity index (χ1) is 11.0. The van der Waals surface area contributed by atoms with Crippen molar-refractivity contribution in [1.29, 1.82) is 0 Å². The molecule has 0 radical (unpaired) electrons. The van der Waals surface area contributed by atoms with Crippen LogP contribution in [0.15, 0.2) is 41.8 Å². The van der Waals surface area contributed by atoms with Crippen LogP contribution >= 0.6 is 0 Å². The van der Waals surface area contributed by atoms with Crippen molar-refractivity contribution in [3.05, 3.63) is 58.2 Å².